The molecule has 3 atom stereocenters. The maximum Gasteiger partial charge on any atom is 0.161 e. The van der Waals surface area contributed by atoms with Crippen molar-refractivity contribution in [2.45, 2.75) is 38.5 Å². The van der Waals surface area contributed by atoms with Crippen LogP contribution in [-0.4, -0.2) is 12.9 Å². The van der Waals surface area contributed by atoms with Crippen LogP contribution in [0.15, 0.2) is 30.4 Å². The highest BCUT2D eigenvalue weighted by Gasteiger charge is 2.76. The van der Waals surface area contributed by atoms with Gasteiger partial charge in [0.15, 0.2) is 5.78 Å². The Bertz CT molecular complexity index is 659. The summed E-state index contributed by atoms with van der Waals surface area (Å²) in [5, 5.41) is 0. The minimum atomic E-state index is -0.142. The van der Waals surface area contributed by atoms with Gasteiger partial charge < -0.3 is 4.74 Å². The lowest BCUT2D eigenvalue weighted by Gasteiger charge is -2.46. The van der Waals surface area contributed by atoms with Gasteiger partial charge in [-0.3, -0.25) is 4.79 Å². The standard InChI is InChI=1S/C18H20O2/c1-16-8-7-15(19)17(2)11-18(16,17)9-6-12-4-5-13(20-3)10-14(12)16/h4-5,7-8,10H,6,9,11H2,1-3H3/t16-,17?,18+/m1/s1. The van der Waals surface area contributed by atoms with Crippen LogP contribution in [-0.2, 0) is 16.6 Å². The van der Waals surface area contributed by atoms with Crippen LogP contribution in [0.3, 0.4) is 0 Å². The fourth-order valence-electron chi connectivity index (χ4n) is 4.93. The van der Waals surface area contributed by atoms with Gasteiger partial charge in [0, 0.05) is 10.8 Å². The van der Waals surface area contributed by atoms with Crippen LogP contribution in [0.2, 0.25) is 0 Å². The second kappa shape index (κ2) is 3.36. The molecule has 0 saturated heterocycles. The van der Waals surface area contributed by atoms with Crippen molar-refractivity contribution in [3.05, 3.63) is 41.5 Å². The predicted molar refractivity (Wildman–Crippen MR) is 78.0 cm³/mol. The van der Waals surface area contributed by atoms with Crippen LogP contribution in [0.1, 0.15) is 37.8 Å². The van der Waals surface area contributed by atoms with E-state index >= 15 is 0 Å². The third-order valence-corrected chi connectivity index (χ3v) is 6.39. The summed E-state index contributed by atoms with van der Waals surface area (Å²) in [4.78, 5) is 12.3. The molecule has 1 spiro atoms. The highest BCUT2D eigenvalue weighted by Crippen LogP contribution is 2.78. The van der Waals surface area contributed by atoms with Crippen molar-refractivity contribution in [2.24, 2.45) is 10.8 Å². The highest BCUT2D eigenvalue weighted by molar-refractivity contribution is 6.00. The van der Waals surface area contributed by atoms with Crippen LogP contribution in [0.4, 0.5) is 0 Å². The smallest absolute Gasteiger partial charge is 0.161 e. The van der Waals surface area contributed by atoms with Crippen molar-refractivity contribution in [3.63, 3.8) is 0 Å². The third-order valence-electron chi connectivity index (χ3n) is 6.39. The fraction of sp³-hybridized carbons (Fsp3) is 0.500. The summed E-state index contributed by atoms with van der Waals surface area (Å²) < 4.78 is 5.41. The number of carbonyl (C=O) groups is 1. The average molecular weight is 268 g/mol. The molecule has 104 valence electrons. The molecule has 1 unspecified atom stereocenters. The SMILES string of the molecule is COc1ccc2c(c1)[C@@]1(C)C=CC(=O)C3(C)C[C@]31CC2. The van der Waals surface area contributed by atoms with Crippen LogP contribution < -0.4 is 4.74 Å². The molecule has 1 aromatic carbocycles. The lowest BCUT2D eigenvalue weighted by Crippen LogP contribution is -2.44. The summed E-state index contributed by atoms with van der Waals surface area (Å²) in [7, 11) is 1.71. The molecule has 0 bridgehead atoms. The van der Waals surface area contributed by atoms with Crippen LogP contribution in [0.5, 0.6) is 5.75 Å². The van der Waals surface area contributed by atoms with Gasteiger partial charge in [-0.05, 0) is 54.0 Å². The topological polar surface area (TPSA) is 26.3 Å². The van der Waals surface area contributed by atoms with E-state index in [-0.39, 0.29) is 16.2 Å². The maximum absolute atomic E-state index is 12.3. The second-order valence-electron chi connectivity index (χ2n) is 7.01. The summed E-state index contributed by atoms with van der Waals surface area (Å²) in [5.74, 6) is 1.23. The zero-order valence-corrected chi connectivity index (χ0v) is 12.3. The van der Waals surface area contributed by atoms with Gasteiger partial charge in [0.1, 0.15) is 5.75 Å². The monoisotopic (exact) mass is 268 g/mol. The van der Waals surface area contributed by atoms with E-state index in [0.29, 0.717) is 5.78 Å². The molecule has 2 nitrogen and oxygen atoms in total. The number of hydrogen-bond acceptors (Lipinski definition) is 2. The molecule has 3 aliphatic rings. The highest BCUT2D eigenvalue weighted by atomic mass is 16.5. The number of carbonyl (C=O) groups excluding carboxylic acids is 1. The van der Waals surface area contributed by atoms with E-state index < -0.39 is 0 Å². The first-order chi connectivity index (χ1) is 9.47. The van der Waals surface area contributed by atoms with E-state index in [1.807, 2.05) is 12.1 Å². The molecular weight excluding hydrogens is 248 g/mol. The molecule has 0 aromatic heterocycles. The van der Waals surface area contributed by atoms with Crippen molar-refractivity contribution < 1.29 is 9.53 Å². The van der Waals surface area contributed by atoms with Crippen LogP contribution in [0.25, 0.3) is 0 Å². The zero-order valence-electron chi connectivity index (χ0n) is 12.3. The van der Waals surface area contributed by atoms with Gasteiger partial charge in [0.25, 0.3) is 0 Å². The number of aryl methyl sites for hydroxylation is 1. The molecule has 0 aliphatic heterocycles. The molecule has 0 N–H and O–H groups in total. The number of fused-ring (bicyclic) bond motifs is 2. The fourth-order valence-corrected chi connectivity index (χ4v) is 4.93. The summed E-state index contributed by atoms with van der Waals surface area (Å²) in [6, 6.07) is 6.41. The Morgan fingerprint density at radius 2 is 2.05 bits per heavy atom. The zero-order chi connectivity index (χ0) is 14.2. The first-order valence-electron chi connectivity index (χ1n) is 7.38. The molecule has 4 rings (SSSR count). The first-order valence-corrected chi connectivity index (χ1v) is 7.38. The Balaban J connectivity index is 1.96. The number of methoxy groups -OCH3 is 1. The summed E-state index contributed by atoms with van der Waals surface area (Å²) in [6.07, 6.45) is 7.20. The molecular formula is C18H20O2. The largest absolute Gasteiger partial charge is 0.497 e. The Hall–Kier alpha value is -1.57. The number of ether oxygens (including phenoxy) is 1. The van der Waals surface area contributed by atoms with Crippen molar-refractivity contribution >= 4 is 5.78 Å². The van der Waals surface area contributed by atoms with Crippen LogP contribution in [0, 0.1) is 10.8 Å². The second-order valence-corrected chi connectivity index (χ2v) is 7.01. The normalized spacial score (nSPS) is 40.6. The lowest BCUT2D eigenvalue weighted by molar-refractivity contribution is -0.121. The molecule has 1 aromatic rings. The van der Waals surface area contributed by atoms with Crippen LogP contribution >= 0.6 is 0 Å². The van der Waals surface area contributed by atoms with E-state index in [1.165, 1.54) is 11.1 Å². The Kier molecular flexibility index (Phi) is 2.05. The Morgan fingerprint density at radius 1 is 1.25 bits per heavy atom. The summed E-state index contributed by atoms with van der Waals surface area (Å²) >= 11 is 0. The van der Waals surface area contributed by atoms with Gasteiger partial charge in [0.2, 0.25) is 0 Å². The molecule has 2 heteroatoms. The molecule has 0 radical (unpaired) electrons. The van der Waals surface area contributed by atoms with Crippen molar-refractivity contribution in [1.29, 1.82) is 0 Å². The molecule has 1 fully saturated rings. The molecule has 0 heterocycles. The van der Waals surface area contributed by atoms with E-state index in [2.05, 4.69) is 32.1 Å². The first kappa shape index (κ1) is 12.2. The Morgan fingerprint density at radius 3 is 2.80 bits per heavy atom. The number of ketones is 1. The lowest BCUT2D eigenvalue weighted by atomic mass is 9.56. The van der Waals surface area contributed by atoms with Gasteiger partial charge in [-0.25, -0.2) is 0 Å². The number of rotatable bonds is 1. The maximum atomic E-state index is 12.3. The van der Waals surface area contributed by atoms with Gasteiger partial charge in [0.05, 0.1) is 7.11 Å². The average Bonchev–Trinajstić information content (AvgIpc) is 3.09. The number of hydrogen-bond donors (Lipinski definition) is 0. The minimum Gasteiger partial charge on any atom is -0.497 e. The van der Waals surface area contributed by atoms with Gasteiger partial charge in [-0.1, -0.05) is 26.0 Å². The Labute approximate surface area is 119 Å². The molecule has 1 saturated carbocycles. The van der Waals surface area contributed by atoms with Gasteiger partial charge >= 0.3 is 0 Å². The minimum absolute atomic E-state index is 0.0300. The van der Waals surface area contributed by atoms with Crippen molar-refractivity contribution in [1.82, 2.24) is 0 Å². The van der Waals surface area contributed by atoms with Gasteiger partial charge in [-0.2, -0.15) is 0 Å². The molecule has 20 heavy (non-hydrogen) atoms. The van der Waals surface area contributed by atoms with Crippen molar-refractivity contribution in [3.8, 4) is 5.75 Å². The quantitative estimate of drug-likeness (QED) is 0.780. The van der Waals surface area contributed by atoms with E-state index in [1.54, 1.807) is 7.11 Å². The number of allylic oxidation sites excluding steroid dienone is 2. The van der Waals surface area contributed by atoms with E-state index in [9.17, 15) is 4.79 Å². The summed E-state index contributed by atoms with van der Waals surface area (Å²) in [5.41, 5.74) is 2.73. The van der Waals surface area contributed by atoms with E-state index in [4.69, 9.17) is 4.74 Å². The van der Waals surface area contributed by atoms with Crippen molar-refractivity contribution in [2.75, 3.05) is 7.11 Å². The summed E-state index contributed by atoms with van der Waals surface area (Å²) in [6.45, 7) is 4.46. The van der Waals surface area contributed by atoms with Gasteiger partial charge in [-0.15, -0.1) is 0 Å². The predicted octanol–water partition coefficient (Wildman–Crippen LogP) is 3.43. The van der Waals surface area contributed by atoms with E-state index in [0.717, 1.165) is 25.0 Å². The molecule has 0 amide bonds. The number of benzene rings is 1. The molecule has 3 aliphatic carbocycles. The third kappa shape index (κ3) is 1.11.